The summed E-state index contributed by atoms with van der Waals surface area (Å²) in [5, 5.41) is 9.56. The Morgan fingerprint density at radius 2 is 1.17 bits per heavy atom. The highest BCUT2D eigenvalue weighted by molar-refractivity contribution is 5.72. The van der Waals surface area contributed by atoms with E-state index in [0.29, 0.717) is 19.3 Å². The Morgan fingerprint density at radius 3 is 1.71 bits per heavy atom. The number of carbonyl (C=O) groups excluding carboxylic acids is 2. The van der Waals surface area contributed by atoms with Crippen molar-refractivity contribution in [1.29, 1.82) is 0 Å². The fourth-order valence-corrected chi connectivity index (χ4v) is 4.94. The largest absolute Gasteiger partial charge is 0.477 e. The molecule has 0 rings (SSSR count). The Kier molecular flexibility index (Phi) is 29.4. The first kappa shape index (κ1) is 45.0. The number of ether oxygens (including phenoxy) is 3. The summed E-state index contributed by atoms with van der Waals surface area (Å²) in [6, 6.07) is -0.627. The molecule has 8 heteroatoms. The van der Waals surface area contributed by atoms with Crippen molar-refractivity contribution in [2.45, 2.75) is 135 Å². The Balaban J connectivity index is 4.59. The van der Waals surface area contributed by atoms with E-state index in [-0.39, 0.29) is 42.7 Å². The second-order valence-electron chi connectivity index (χ2n) is 13.2. The van der Waals surface area contributed by atoms with E-state index in [1.54, 1.807) is 0 Å². The van der Waals surface area contributed by atoms with E-state index >= 15 is 0 Å². The van der Waals surface area contributed by atoms with Gasteiger partial charge in [-0.2, -0.15) is 0 Å². The van der Waals surface area contributed by atoms with Crippen LogP contribution in [0.2, 0.25) is 0 Å². The molecule has 0 bridgehead atoms. The molecular formula is C40H68NO7+. The highest BCUT2D eigenvalue weighted by atomic mass is 16.6. The normalized spacial score (nSPS) is 13.8. The molecule has 0 saturated carbocycles. The molecule has 0 heterocycles. The second kappa shape index (κ2) is 31.3. The average Bonchev–Trinajstić information content (AvgIpc) is 3.03. The molecule has 2 atom stereocenters. The molecule has 0 amide bonds. The van der Waals surface area contributed by atoms with Crippen LogP contribution < -0.4 is 0 Å². The molecule has 8 nitrogen and oxygen atoms in total. The van der Waals surface area contributed by atoms with Crippen LogP contribution in [0.3, 0.4) is 0 Å². The minimum absolute atomic E-state index is 0.0310. The van der Waals surface area contributed by atoms with Gasteiger partial charge in [-0.1, -0.05) is 139 Å². The predicted molar refractivity (Wildman–Crippen MR) is 197 cm³/mol. The number of rotatable bonds is 31. The van der Waals surface area contributed by atoms with E-state index in [9.17, 15) is 19.5 Å². The monoisotopic (exact) mass is 674 g/mol. The number of unbranched alkanes of at least 4 members (excludes halogenated alkanes) is 11. The highest BCUT2D eigenvalue weighted by Crippen LogP contribution is 2.13. The van der Waals surface area contributed by atoms with Gasteiger partial charge in [-0.15, -0.1) is 0 Å². The lowest BCUT2D eigenvalue weighted by atomic mass is 10.1. The van der Waals surface area contributed by atoms with Crippen LogP contribution >= 0.6 is 0 Å². The number of carboxylic acids is 1. The average molecular weight is 675 g/mol. The van der Waals surface area contributed by atoms with Crippen LogP contribution in [0.25, 0.3) is 0 Å². The fraction of sp³-hybridized carbons (Fsp3) is 0.675. The molecule has 0 aliphatic rings. The van der Waals surface area contributed by atoms with E-state index in [1.165, 1.54) is 51.4 Å². The third-order valence-corrected chi connectivity index (χ3v) is 7.81. The van der Waals surface area contributed by atoms with E-state index in [4.69, 9.17) is 14.2 Å². The topological polar surface area (TPSA) is 99.1 Å². The van der Waals surface area contributed by atoms with Gasteiger partial charge in [-0.25, -0.2) is 4.79 Å². The van der Waals surface area contributed by atoms with Crippen LogP contribution in [0.5, 0.6) is 0 Å². The molecule has 0 radical (unpaired) electrons. The standard InChI is InChI=1S/C40H67NO7/c1-6-8-10-12-14-16-18-19-21-23-25-27-29-31-39(43)48-36(34-46-33-32-37(40(44)45)41(3,4)5)35-47-38(42)30-28-26-24-22-20-17-15-13-11-9-7-2/h8,10,12,14,16,18-19,21,23,25,36-37H,6-7,9,11,13,15,17,20,22,24,26-35H2,1-5H3/p+1/b10-8+,14-12+,18-16+,21-19+,25-23+. The molecule has 0 aliphatic carbocycles. The maximum absolute atomic E-state index is 12.6. The smallest absolute Gasteiger partial charge is 0.362 e. The van der Waals surface area contributed by atoms with Crippen molar-refractivity contribution in [3.05, 3.63) is 60.8 Å². The summed E-state index contributed by atoms with van der Waals surface area (Å²) in [4.78, 5) is 36.7. The Hall–Kier alpha value is -2.97. The Labute approximate surface area is 292 Å². The summed E-state index contributed by atoms with van der Waals surface area (Å²) < 4.78 is 17.1. The number of likely N-dealkylation sites (N-methyl/N-ethyl adjacent to an activating group) is 1. The highest BCUT2D eigenvalue weighted by Gasteiger charge is 2.31. The van der Waals surface area contributed by atoms with Gasteiger partial charge in [0.15, 0.2) is 12.1 Å². The van der Waals surface area contributed by atoms with E-state index in [0.717, 1.165) is 32.1 Å². The molecule has 1 N–H and O–H groups in total. The molecule has 0 aromatic carbocycles. The van der Waals surface area contributed by atoms with Gasteiger partial charge in [-0.05, 0) is 25.7 Å². The van der Waals surface area contributed by atoms with Gasteiger partial charge in [0.25, 0.3) is 0 Å². The third kappa shape index (κ3) is 29.2. The number of hydrogen-bond donors (Lipinski definition) is 1. The predicted octanol–water partition coefficient (Wildman–Crippen LogP) is 9.07. The Bertz CT molecular complexity index is 975. The third-order valence-electron chi connectivity index (χ3n) is 7.81. The van der Waals surface area contributed by atoms with Gasteiger partial charge in [0.05, 0.1) is 34.4 Å². The van der Waals surface area contributed by atoms with Crippen LogP contribution in [0.4, 0.5) is 0 Å². The van der Waals surface area contributed by atoms with E-state index < -0.39 is 18.1 Å². The SMILES string of the molecule is CC/C=C/C=C/C=C/C=C/C=C/CCCC(=O)OC(COCCC(C(=O)O)[N+](C)(C)C)COC(=O)CCCCCCCCCCCCC. The van der Waals surface area contributed by atoms with Crippen molar-refractivity contribution in [1.82, 2.24) is 0 Å². The van der Waals surface area contributed by atoms with Crippen LogP contribution in [0.1, 0.15) is 123 Å². The van der Waals surface area contributed by atoms with Gasteiger partial charge in [0.2, 0.25) is 0 Å². The molecule has 0 aromatic rings. The number of aliphatic carboxylic acids is 1. The molecule has 0 saturated heterocycles. The first-order valence-corrected chi connectivity index (χ1v) is 18.4. The number of esters is 2. The summed E-state index contributed by atoms with van der Waals surface area (Å²) in [6.07, 6.45) is 35.6. The summed E-state index contributed by atoms with van der Waals surface area (Å²) in [5.74, 6) is -1.57. The van der Waals surface area contributed by atoms with Crippen LogP contribution in [-0.2, 0) is 28.6 Å². The summed E-state index contributed by atoms with van der Waals surface area (Å²) in [5.41, 5.74) is 0. The molecule has 2 unspecified atom stereocenters. The minimum atomic E-state index is -0.890. The van der Waals surface area contributed by atoms with E-state index in [1.807, 2.05) is 75.8 Å². The molecule has 0 aliphatic heterocycles. The molecule has 0 fully saturated rings. The number of carbonyl (C=O) groups is 3. The zero-order valence-corrected chi connectivity index (χ0v) is 30.9. The molecule has 274 valence electrons. The number of hydrogen-bond acceptors (Lipinski definition) is 6. The summed E-state index contributed by atoms with van der Waals surface area (Å²) in [7, 11) is 5.48. The van der Waals surface area contributed by atoms with Crippen molar-refractivity contribution < 1.29 is 38.2 Å². The lowest BCUT2D eigenvalue weighted by molar-refractivity contribution is -0.887. The Morgan fingerprint density at radius 1 is 0.646 bits per heavy atom. The zero-order chi connectivity index (χ0) is 35.7. The maximum atomic E-state index is 12.6. The van der Waals surface area contributed by atoms with E-state index in [2.05, 4.69) is 19.9 Å². The van der Waals surface area contributed by atoms with Crippen molar-refractivity contribution in [3.63, 3.8) is 0 Å². The second-order valence-corrected chi connectivity index (χ2v) is 13.2. The lowest BCUT2D eigenvalue weighted by Crippen LogP contribution is -2.50. The fourth-order valence-electron chi connectivity index (χ4n) is 4.94. The maximum Gasteiger partial charge on any atom is 0.362 e. The zero-order valence-electron chi connectivity index (χ0n) is 30.9. The molecule has 0 spiro atoms. The van der Waals surface area contributed by atoms with Gasteiger partial charge >= 0.3 is 17.9 Å². The van der Waals surface area contributed by atoms with Crippen LogP contribution in [0.15, 0.2) is 60.8 Å². The molecular weight excluding hydrogens is 606 g/mol. The quantitative estimate of drug-likeness (QED) is 0.0339. The van der Waals surface area contributed by atoms with Crippen molar-refractivity contribution >= 4 is 17.9 Å². The van der Waals surface area contributed by atoms with Crippen molar-refractivity contribution in [2.75, 3.05) is 41.0 Å². The number of quaternary nitrogens is 1. The first-order chi connectivity index (χ1) is 23.1. The van der Waals surface area contributed by atoms with Crippen molar-refractivity contribution in [3.8, 4) is 0 Å². The number of nitrogens with zero attached hydrogens (tertiary/aromatic N) is 1. The van der Waals surface area contributed by atoms with Crippen molar-refractivity contribution in [2.24, 2.45) is 0 Å². The van der Waals surface area contributed by atoms with Crippen LogP contribution in [0, 0.1) is 0 Å². The minimum Gasteiger partial charge on any atom is -0.477 e. The number of carboxylic acid groups (broad SMARTS) is 1. The number of allylic oxidation sites excluding steroid dienone is 10. The van der Waals surface area contributed by atoms with Gasteiger partial charge in [0.1, 0.15) is 6.61 Å². The van der Waals surface area contributed by atoms with Gasteiger partial charge in [-0.3, -0.25) is 9.59 Å². The van der Waals surface area contributed by atoms with Gasteiger partial charge in [0, 0.05) is 19.3 Å². The summed E-state index contributed by atoms with van der Waals surface area (Å²) >= 11 is 0. The molecule has 0 aromatic heterocycles. The molecule has 48 heavy (non-hydrogen) atoms. The summed E-state index contributed by atoms with van der Waals surface area (Å²) in [6.45, 7) is 4.47. The van der Waals surface area contributed by atoms with Gasteiger partial charge < -0.3 is 23.8 Å². The lowest BCUT2D eigenvalue weighted by Gasteiger charge is -2.31. The van der Waals surface area contributed by atoms with Crippen LogP contribution in [-0.4, -0.2) is 80.6 Å². The first-order valence-electron chi connectivity index (χ1n) is 18.4.